The molecule has 0 atom stereocenters. The summed E-state index contributed by atoms with van der Waals surface area (Å²) in [6.07, 6.45) is 11.4. The highest BCUT2D eigenvalue weighted by molar-refractivity contribution is 4.73. The van der Waals surface area contributed by atoms with Crippen LogP contribution in [-0.2, 0) is 0 Å². The maximum Gasteiger partial charge on any atom is 0.00922 e. The van der Waals surface area contributed by atoms with E-state index in [0.717, 1.165) is 6.04 Å². The van der Waals surface area contributed by atoms with Crippen LogP contribution in [0, 0.1) is 5.41 Å². The lowest BCUT2D eigenvalue weighted by atomic mass is 9.89. The molecule has 0 aromatic heterocycles. The van der Waals surface area contributed by atoms with E-state index in [1.54, 1.807) is 0 Å². The second-order valence-corrected chi connectivity index (χ2v) is 6.79. The van der Waals surface area contributed by atoms with E-state index in [0.29, 0.717) is 5.41 Å². The molecule has 0 heterocycles. The topological polar surface area (TPSA) is 3.24 Å². The van der Waals surface area contributed by atoms with Gasteiger partial charge in [0.15, 0.2) is 0 Å². The summed E-state index contributed by atoms with van der Waals surface area (Å²) in [7, 11) is 2.33. The number of hydrogen-bond acceptors (Lipinski definition) is 1. The summed E-state index contributed by atoms with van der Waals surface area (Å²) < 4.78 is 0. The maximum atomic E-state index is 2.61. The quantitative estimate of drug-likeness (QED) is 0.624. The van der Waals surface area contributed by atoms with Crippen LogP contribution < -0.4 is 0 Å². The molecule has 0 aliphatic heterocycles. The minimum absolute atomic E-state index is 0.517. The summed E-state index contributed by atoms with van der Waals surface area (Å²) in [5, 5.41) is 0. The lowest BCUT2D eigenvalue weighted by Gasteiger charge is -2.31. The number of hydrogen-bond donors (Lipinski definition) is 0. The molecule has 16 heavy (non-hydrogen) atoms. The van der Waals surface area contributed by atoms with Gasteiger partial charge in [-0.25, -0.2) is 0 Å². The van der Waals surface area contributed by atoms with Gasteiger partial charge >= 0.3 is 0 Å². The molecule has 0 amide bonds. The molecule has 0 aromatic rings. The fourth-order valence-corrected chi connectivity index (χ4v) is 2.72. The van der Waals surface area contributed by atoms with Gasteiger partial charge in [-0.1, -0.05) is 46.5 Å². The third-order valence-electron chi connectivity index (χ3n) is 3.89. The highest BCUT2D eigenvalue weighted by Crippen LogP contribution is 2.24. The van der Waals surface area contributed by atoms with E-state index in [9.17, 15) is 0 Å². The molecule has 0 N–H and O–H groups in total. The van der Waals surface area contributed by atoms with Crippen molar-refractivity contribution < 1.29 is 0 Å². The van der Waals surface area contributed by atoms with Gasteiger partial charge in [0.1, 0.15) is 0 Å². The van der Waals surface area contributed by atoms with Crippen LogP contribution in [0.25, 0.3) is 0 Å². The molecule has 1 aliphatic rings. The van der Waals surface area contributed by atoms with E-state index in [1.165, 1.54) is 57.9 Å². The van der Waals surface area contributed by atoms with E-state index >= 15 is 0 Å². The number of nitrogens with zero attached hydrogens (tertiary/aromatic N) is 1. The van der Waals surface area contributed by atoms with Gasteiger partial charge in [-0.15, -0.1) is 0 Å². The summed E-state index contributed by atoms with van der Waals surface area (Å²) in [5.74, 6) is 0. The van der Waals surface area contributed by atoms with E-state index in [1.807, 2.05) is 0 Å². The second-order valence-electron chi connectivity index (χ2n) is 6.79. The summed E-state index contributed by atoms with van der Waals surface area (Å²) in [5.41, 5.74) is 0.517. The predicted octanol–water partition coefficient (Wildman–Crippen LogP) is 4.47. The summed E-state index contributed by atoms with van der Waals surface area (Å²) in [6.45, 7) is 8.34. The Morgan fingerprint density at radius 2 is 1.62 bits per heavy atom. The predicted molar refractivity (Wildman–Crippen MR) is 72.8 cm³/mol. The maximum absolute atomic E-state index is 2.61. The molecule has 1 rings (SSSR count). The Bertz CT molecular complexity index is 174. The first kappa shape index (κ1) is 14.0. The zero-order valence-electron chi connectivity index (χ0n) is 11.9. The summed E-state index contributed by atoms with van der Waals surface area (Å²) >= 11 is 0. The molecular formula is C15H31N. The van der Waals surface area contributed by atoms with Crippen molar-refractivity contribution in [3.05, 3.63) is 0 Å². The smallest absolute Gasteiger partial charge is 0.00922 e. The fourth-order valence-electron chi connectivity index (χ4n) is 2.72. The molecule has 0 saturated heterocycles. The molecule has 1 nitrogen and oxygen atoms in total. The van der Waals surface area contributed by atoms with Crippen LogP contribution in [0.5, 0.6) is 0 Å². The Hall–Kier alpha value is -0.0400. The monoisotopic (exact) mass is 225 g/mol. The van der Waals surface area contributed by atoms with Crippen molar-refractivity contribution in [3.8, 4) is 0 Å². The van der Waals surface area contributed by atoms with Gasteiger partial charge in [-0.05, 0) is 44.7 Å². The lowest BCUT2D eigenvalue weighted by molar-refractivity contribution is 0.186. The molecular weight excluding hydrogens is 194 g/mol. The zero-order valence-corrected chi connectivity index (χ0v) is 11.9. The molecule has 0 spiro atoms. The average molecular weight is 225 g/mol. The Kier molecular flexibility index (Phi) is 5.82. The van der Waals surface area contributed by atoms with Gasteiger partial charge < -0.3 is 4.90 Å². The van der Waals surface area contributed by atoms with Gasteiger partial charge in [0.2, 0.25) is 0 Å². The average Bonchev–Trinajstić information content (AvgIpc) is 2.24. The molecule has 1 aliphatic carbocycles. The van der Waals surface area contributed by atoms with Crippen LogP contribution in [0.3, 0.4) is 0 Å². The molecule has 0 unspecified atom stereocenters. The van der Waals surface area contributed by atoms with Crippen LogP contribution >= 0.6 is 0 Å². The van der Waals surface area contributed by atoms with Crippen molar-refractivity contribution in [3.63, 3.8) is 0 Å². The van der Waals surface area contributed by atoms with Gasteiger partial charge in [0.25, 0.3) is 0 Å². The SMILES string of the molecule is CN(CCCCC(C)(C)C)C1CCCCC1. The normalized spacial score (nSPS) is 19.3. The first-order chi connectivity index (χ1) is 7.49. The van der Waals surface area contributed by atoms with E-state index in [2.05, 4.69) is 32.7 Å². The van der Waals surface area contributed by atoms with Gasteiger partial charge in [0.05, 0.1) is 0 Å². The molecule has 1 fully saturated rings. The first-order valence-corrected chi connectivity index (χ1v) is 7.19. The number of rotatable bonds is 5. The minimum atomic E-state index is 0.517. The molecule has 0 radical (unpaired) electrons. The molecule has 0 aromatic carbocycles. The van der Waals surface area contributed by atoms with E-state index < -0.39 is 0 Å². The number of unbranched alkanes of at least 4 members (excludes halogenated alkanes) is 1. The Morgan fingerprint density at radius 3 is 2.19 bits per heavy atom. The van der Waals surface area contributed by atoms with Gasteiger partial charge in [-0.2, -0.15) is 0 Å². The third-order valence-corrected chi connectivity index (χ3v) is 3.89. The Morgan fingerprint density at radius 1 is 1.00 bits per heavy atom. The van der Waals surface area contributed by atoms with Crippen LogP contribution in [-0.4, -0.2) is 24.5 Å². The highest BCUT2D eigenvalue weighted by atomic mass is 15.1. The van der Waals surface area contributed by atoms with Crippen molar-refractivity contribution in [1.29, 1.82) is 0 Å². The van der Waals surface area contributed by atoms with Crippen molar-refractivity contribution in [2.24, 2.45) is 5.41 Å². The highest BCUT2D eigenvalue weighted by Gasteiger charge is 2.17. The lowest BCUT2D eigenvalue weighted by Crippen LogP contribution is -2.34. The van der Waals surface area contributed by atoms with Crippen molar-refractivity contribution in [2.75, 3.05) is 13.6 Å². The van der Waals surface area contributed by atoms with Crippen molar-refractivity contribution >= 4 is 0 Å². The molecule has 96 valence electrons. The van der Waals surface area contributed by atoms with Crippen LogP contribution in [0.1, 0.15) is 72.1 Å². The Balaban J connectivity index is 2.07. The molecule has 1 heteroatoms. The summed E-state index contributed by atoms with van der Waals surface area (Å²) in [6, 6.07) is 0.892. The van der Waals surface area contributed by atoms with E-state index in [-0.39, 0.29) is 0 Å². The zero-order chi connectivity index (χ0) is 12.0. The van der Waals surface area contributed by atoms with Gasteiger partial charge in [-0.3, -0.25) is 0 Å². The van der Waals surface area contributed by atoms with Gasteiger partial charge in [0, 0.05) is 6.04 Å². The van der Waals surface area contributed by atoms with Crippen molar-refractivity contribution in [1.82, 2.24) is 4.90 Å². The van der Waals surface area contributed by atoms with Crippen LogP contribution in [0.2, 0.25) is 0 Å². The minimum Gasteiger partial charge on any atom is -0.303 e. The largest absolute Gasteiger partial charge is 0.303 e. The van der Waals surface area contributed by atoms with Crippen molar-refractivity contribution in [2.45, 2.75) is 78.2 Å². The molecule has 1 saturated carbocycles. The molecule has 0 bridgehead atoms. The second kappa shape index (κ2) is 6.64. The third kappa shape index (κ3) is 5.89. The van der Waals surface area contributed by atoms with Crippen LogP contribution in [0.4, 0.5) is 0 Å². The van der Waals surface area contributed by atoms with E-state index in [4.69, 9.17) is 0 Å². The Labute approximate surface area is 103 Å². The fraction of sp³-hybridized carbons (Fsp3) is 1.00. The standard InChI is InChI=1S/C15H31N/c1-15(2,3)12-8-9-13-16(4)14-10-6-5-7-11-14/h14H,5-13H2,1-4H3. The van der Waals surface area contributed by atoms with Crippen LogP contribution in [0.15, 0.2) is 0 Å². The first-order valence-electron chi connectivity index (χ1n) is 7.19. The summed E-state index contributed by atoms with van der Waals surface area (Å²) in [4.78, 5) is 2.61.